The Morgan fingerprint density at radius 2 is 1.82 bits per heavy atom. The van der Waals surface area contributed by atoms with Gasteiger partial charge in [-0.15, -0.1) is 0 Å². The fourth-order valence-corrected chi connectivity index (χ4v) is 2.87. The molecule has 1 fully saturated rings. The van der Waals surface area contributed by atoms with E-state index >= 15 is 0 Å². The summed E-state index contributed by atoms with van der Waals surface area (Å²) in [5.41, 5.74) is 0.916. The van der Waals surface area contributed by atoms with Crippen LogP contribution in [0.1, 0.15) is 30.9 Å². The average Bonchev–Trinajstić information content (AvgIpc) is 2.25. The Hall–Kier alpha value is -0.740. The third-order valence-corrected chi connectivity index (χ3v) is 4.26. The fraction of sp³-hybridized carbons (Fsp3) is 0.538. The number of aliphatic hydroxyl groups excluding tert-OH is 1. The van der Waals surface area contributed by atoms with Gasteiger partial charge in [0.05, 0.1) is 6.10 Å². The van der Waals surface area contributed by atoms with E-state index in [9.17, 15) is 5.11 Å². The van der Waals surface area contributed by atoms with Gasteiger partial charge in [0.15, 0.2) is 11.5 Å². The molecule has 92 valence electrons. The van der Waals surface area contributed by atoms with Gasteiger partial charge in [0.1, 0.15) is 13.2 Å². The molecule has 1 aromatic carbocycles. The summed E-state index contributed by atoms with van der Waals surface area (Å²) < 4.78 is 12.0. The third kappa shape index (κ3) is 2.04. The minimum atomic E-state index is -0.394. The molecule has 2 aliphatic rings. The summed E-state index contributed by atoms with van der Waals surface area (Å²) in [6, 6.07) is 3.80. The summed E-state index contributed by atoms with van der Waals surface area (Å²) in [7, 11) is 0. The Morgan fingerprint density at radius 1 is 1.18 bits per heavy atom. The van der Waals surface area contributed by atoms with Gasteiger partial charge < -0.3 is 14.6 Å². The molecule has 0 spiro atoms. The molecular weight excluding hydrogens is 284 g/mol. The van der Waals surface area contributed by atoms with Gasteiger partial charge >= 0.3 is 0 Å². The highest BCUT2D eigenvalue weighted by Gasteiger charge is 2.29. The minimum absolute atomic E-state index is 0.394. The topological polar surface area (TPSA) is 38.7 Å². The molecule has 1 saturated carbocycles. The van der Waals surface area contributed by atoms with Gasteiger partial charge in [0, 0.05) is 4.47 Å². The molecule has 1 aliphatic carbocycles. The van der Waals surface area contributed by atoms with Gasteiger partial charge in [-0.05, 0) is 36.5 Å². The number of hydrogen-bond donors (Lipinski definition) is 1. The lowest BCUT2D eigenvalue weighted by Gasteiger charge is -2.31. The zero-order valence-electron chi connectivity index (χ0n) is 9.49. The molecule has 17 heavy (non-hydrogen) atoms. The van der Waals surface area contributed by atoms with Crippen LogP contribution in [0, 0.1) is 5.92 Å². The van der Waals surface area contributed by atoms with Gasteiger partial charge in [0.2, 0.25) is 0 Å². The molecule has 1 heterocycles. The molecule has 1 N–H and O–H groups in total. The first-order valence-corrected chi connectivity index (χ1v) is 6.82. The summed E-state index contributed by atoms with van der Waals surface area (Å²) >= 11 is 3.50. The van der Waals surface area contributed by atoms with E-state index in [0.717, 1.165) is 34.4 Å². The van der Waals surface area contributed by atoms with Gasteiger partial charge in [-0.2, -0.15) is 0 Å². The average molecular weight is 299 g/mol. The first-order valence-electron chi connectivity index (χ1n) is 6.03. The Labute approximate surface area is 109 Å². The lowest BCUT2D eigenvalue weighted by molar-refractivity contribution is 0.0609. The number of hydrogen-bond acceptors (Lipinski definition) is 3. The van der Waals surface area contributed by atoms with Crippen molar-refractivity contribution in [3.8, 4) is 11.5 Å². The number of aliphatic hydroxyl groups is 1. The fourth-order valence-electron chi connectivity index (χ4n) is 2.32. The van der Waals surface area contributed by atoms with E-state index in [-0.39, 0.29) is 0 Å². The number of halogens is 1. The highest BCUT2D eigenvalue weighted by molar-refractivity contribution is 9.10. The first-order chi connectivity index (χ1) is 8.25. The van der Waals surface area contributed by atoms with Crippen molar-refractivity contribution in [1.82, 2.24) is 0 Å². The van der Waals surface area contributed by atoms with Crippen LogP contribution in [0.2, 0.25) is 0 Å². The second-order valence-electron chi connectivity index (χ2n) is 4.65. The van der Waals surface area contributed by atoms with E-state index in [1.54, 1.807) is 0 Å². The zero-order chi connectivity index (χ0) is 11.8. The van der Waals surface area contributed by atoms with Crippen LogP contribution in [0.3, 0.4) is 0 Å². The van der Waals surface area contributed by atoms with Crippen LogP contribution in [0.15, 0.2) is 16.6 Å². The molecule has 0 saturated heterocycles. The predicted octanol–water partition coefficient (Wildman–Crippen LogP) is 3.05. The lowest BCUT2D eigenvalue weighted by Crippen LogP contribution is -2.21. The van der Waals surface area contributed by atoms with Crippen molar-refractivity contribution in [3.05, 3.63) is 22.2 Å². The highest BCUT2D eigenvalue weighted by atomic mass is 79.9. The molecule has 1 aliphatic heterocycles. The summed E-state index contributed by atoms with van der Waals surface area (Å²) in [6.07, 6.45) is 3.06. The largest absolute Gasteiger partial charge is 0.486 e. The molecule has 3 rings (SSSR count). The van der Waals surface area contributed by atoms with Gasteiger partial charge in [0.25, 0.3) is 0 Å². The quantitative estimate of drug-likeness (QED) is 0.912. The zero-order valence-corrected chi connectivity index (χ0v) is 11.1. The van der Waals surface area contributed by atoms with Crippen LogP contribution < -0.4 is 9.47 Å². The monoisotopic (exact) mass is 298 g/mol. The molecule has 1 aromatic rings. The van der Waals surface area contributed by atoms with E-state index < -0.39 is 6.10 Å². The molecule has 1 atom stereocenters. The Kier molecular flexibility index (Phi) is 3.01. The smallest absolute Gasteiger partial charge is 0.162 e. The van der Waals surface area contributed by atoms with Crippen LogP contribution in [0.5, 0.6) is 11.5 Å². The second kappa shape index (κ2) is 4.50. The maximum atomic E-state index is 10.3. The van der Waals surface area contributed by atoms with Crippen LogP contribution in [-0.4, -0.2) is 18.3 Å². The van der Waals surface area contributed by atoms with Gasteiger partial charge in [-0.1, -0.05) is 22.4 Å². The Morgan fingerprint density at radius 3 is 2.41 bits per heavy atom. The van der Waals surface area contributed by atoms with E-state index in [2.05, 4.69) is 15.9 Å². The van der Waals surface area contributed by atoms with Crippen LogP contribution >= 0.6 is 15.9 Å². The third-order valence-electron chi connectivity index (χ3n) is 3.58. The van der Waals surface area contributed by atoms with Crippen LogP contribution in [0.4, 0.5) is 0 Å². The first kappa shape index (κ1) is 11.4. The molecule has 0 aromatic heterocycles. The van der Waals surface area contributed by atoms with E-state index in [0.29, 0.717) is 19.1 Å². The summed E-state index contributed by atoms with van der Waals surface area (Å²) in [6.45, 7) is 1.16. The number of fused-ring (bicyclic) bond motifs is 1. The van der Waals surface area contributed by atoms with E-state index in [4.69, 9.17) is 9.47 Å². The molecule has 4 heteroatoms. The normalized spacial score (nSPS) is 20.8. The standard InChI is InChI=1S/C13H15BrO3/c14-10-7-12-11(16-4-5-17-12)6-9(10)13(15)8-2-1-3-8/h6-8,13,15H,1-5H2. The maximum absolute atomic E-state index is 10.3. The second-order valence-corrected chi connectivity index (χ2v) is 5.51. The Bertz CT molecular complexity index is 429. The van der Waals surface area contributed by atoms with Gasteiger partial charge in [-0.3, -0.25) is 0 Å². The predicted molar refractivity (Wildman–Crippen MR) is 67.4 cm³/mol. The van der Waals surface area contributed by atoms with E-state index in [1.807, 2.05) is 12.1 Å². The minimum Gasteiger partial charge on any atom is -0.486 e. The Balaban J connectivity index is 1.92. The van der Waals surface area contributed by atoms with Crippen molar-refractivity contribution >= 4 is 15.9 Å². The van der Waals surface area contributed by atoms with Crippen molar-refractivity contribution in [3.63, 3.8) is 0 Å². The highest BCUT2D eigenvalue weighted by Crippen LogP contribution is 2.43. The molecule has 0 bridgehead atoms. The van der Waals surface area contributed by atoms with E-state index in [1.165, 1.54) is 6.42 Å². The van der Waals surface area contributed by atoms with Crippen molar-refractivity contribution in [2.24, 2.45) is 5.92 Å². The molecule has 3 nitrogen and oxygen atoms in total. The van der Waals surface area contributed by atoms with Crippen molar-refractivity contribution in [2.45, 2.75) is 25.4 Å². The SMILES string of the molecule is OC(c1cc2c(cc1Br)OCCO2)C1CCC1. The number of benzene rings is 1. The molecule has 1 unspecified atom stereocenters. The molecular formula is C13H15BrO3. The van der Waals surface area contributed by atoms with Crippen LogP contribution in [-0.2, 0) is 0 Å². The number of ether oxygens (including phenoxy) is 2. The maximum Gasteiger partial charge on any atom is 0.162 e. The van der Waals surface area contributed by atoms with Crippen molar-refractivity contribution in [2.75, 3.05) is 13.2 Å². The van der Waals surface area contributed by atoms with Crippen molar-refractivity contribution < 1.29 is 14.6 Å². The van der Waals surface area contributed by atoms with Crippen LogP contribution in [0.25, 0.3) is 0 Å². The lowest BCUT2D eigenvalue weighted by atomic mass is 9.79. The molecule has 0 radical (unpaired) electrons. The summed E-state index contributed by atoms with van der Waals surface area (Å²) in [5, 5.41) is 10.3. The number of rotatable bonds is 2. The van der Waals surface area contributed by atoms with Crippen molar-refractivity contribution in [1.29, 1.82) is 0 Å². The van der Waals surface area contributed by atoms with Gasteiger partial charge in [-0.25, -0.2) is 0 Å². The summed E-state index contributed by atoms with van der Waals surface area (Å²) in [4.78, 5) is 0. The molecule has 0 amide bonds. The summed E-state index contributed by atoms with van der Waals surface area (Å²) in [5.74, 6) is 1.90.